The van der Waals surface area contributed by atoms with Crippen LogP contribution in [0.4, 0.5) is 5.69 Å². The Kier molecular flexibility index (Phi) is 7.40. The molecule has 6 unspecified atom stereocenters. The second-order valence-electron chi connectivity index (χ2n) is 11.7. The van der Waals surface area contributed by atoms with Gasteiger partial charge in [-0.05, 0) is 61.8 Å². The lowest BCUT2D eigenvalue weighted by Gasteiger charge is -2.38. The number of aryl methyl sites for hydroxylation is 2. The molecule has 3 heterocycles. The minimum Gasteiger partial charge on any atom is -0.385 e. The summed E-state index contributed by atoms with van der Waals surface area (Å²) in [5.41, 5.74) is 1.76. The van der Waals surface area contributed by atoms with Gasteiger partial charge in [0.1, 0.15) is 11.6 Å². The van der Waals surface area contributed by atoms with Crippen molar-refractivity contribution in [3.63, 3.8) is 0 Å². The van der Waals surface area contributed by atoms with E-state index < -0.39 is 29.6 Å². The van der Waals surface area contributed by atoms with Crippen LogP contribution in [0.2, 0.25) is 0 Å². The number of hydrogen-bond donors (Lipinski definition) is 2. The average Bonchev–Trinajstić information content (AvgIpc) is 3.52. The number of rotatable bonds is 8. The molecule has 206 valence electrons. The van der Waals surface area contributed by atoms with Crippen LogP contribution in [-0.2, 0) is 23.9 Å². The number of anilines is 1. The maximum Gasteiger partial charge on any atom is 0.246 e. The Labute approximate surface area is 225 Å². The molecule has 3 aliphatic heterocycles. The van der Waals surface area contributed by atoms with Crippen molar-refractivity contribution in [1.82, 2.24) is 10.2 Å². The zero-order valence-electron chi connectivity index (χ0n) is 23.2. The van der Waals surface area contributed by atoms with Crippen LogP contribution in [0.1, 0.15) is 50.7 Å². The molecule has 1 saturated carbocycles. The summed E-state index contributed by atoms with van der Waals surface area (Å²) in [4.78, 5) is 43.2. The van der Waals surface area contributed by atoms with Gasteiger partial charge < -0.3 is 25.0 Å². The number of nitrogens with one attached hydrogen (secondary N) is 2. The second-order valence-corrected chi connectivity index (χ2v) is 11.7. The average molecular weight is 524 g/mol. The van der Waals surface area contributed by atoms with Gasteiger partial charge in [0.25, 0.3) is 0 Å². The predicted molar refractivity (Wildman–Crippen MR) is 144 cm³/mol. The van der Waals surface area contributed by atoms with Gasteiger partial charge in [-0.2, -0.15) is 0 Å². The molecule has 5 rings (SSSR count). The van der Waals surface area contributed by atoms with Crippen molar-refractivity contribution in [2.75, 3.05) is 25.6 Å². The number of carbonyl (C=O) groups excluding carboxylic acids is 3. The molecule has 1 aromatic carbocycles. The van der Waals surface area contributed by atoms with Gasteiger partial charge in [0, 0.05) is 32.0 Å². The summed E-state index contributed by atoms with van der Waals surface area (Å²) in [6, 6.07) is 5.01. The molecule has 2 bridgehead atoms. The zero-order chi connectivity index (χ0) is 27.2. The first-order valence-electron chi connectivity index (χ1n) is 14.0. The van der Waals surface area contributed by atoms with Crippen LogP contribution in [0.3, 0.4) is 0 Å². The number of fused-ring (bicyclic) bond motifs is 1. The Hall–Kier alpha value is -2.71. The van der Waals surface area contributed by atoms with Crippen LogP contribution < -0.4 is 10.6 Å². The summed E-state index contributed by atoms with van der Waals surface area (Å²) in [5, 5.41) is 6.30. The van der Waals surface area contributed by atoms with E-state index in [0.717, 1.165) is 30.4 Å². The summed E-state index contributed by atoms with van der Waals surface area (Å²) in [6.45, 7) is 9.29. The Morgan fingerprint density at radius 2 is 1.95 bits per heavy atom. The van der Waals surface area contributed by atoms with Crippen molar-refractivity contribution in [3.05, 3.63) is 41.5 Å². The molecule has 3 amide bonds. The first-order chi connectivity index (χ1) is 18.2. The van der Waals surface area contributed by atoms with Gasteiger partial charge in [-0.1, -0.05) is 44.9 Å². The SMILES string of the molecule is COCCCN1C(=O)[C@H]2C(C(=O)Nc3ccc(C)c(C)c3)[C@H]3C=CC2(O3)C1C(=O)NC1CCCC(C)C1C. The highest BCUT2D eigenvalue weighted by Gasteiger charge is 2.72. The number of nitrogens with zero attached hydrogens (tertiary/aromatic N) is 1. The molecule has 0 aromatic heterocycles. The van der Waals surface area contributed by atoms with E-state index in [1.54, 1.807) is 12.0 Å². The molecular weight excluding hydrogens is 482 g/mol. The van der Waals surface area contributed by atoms with E-state index in [0.29, 0.717) is 37.1 Å². The molecule has 0 radical (unpaired) electrons. The zero-order valence-corrected chi connectivity index (χ0v) is 23.2. The monoisotopic (exact) mass is 523 g/mol. The van der Waals surface area contributed by atoms with Gasteiger partial charge in [0.15, 0.2) is 0 Å². The predicted octanol–water partition coefficient (Wildman–Crippen LogP) is 3.37. The Morgan fingerprint density at radius 1 is 1.16 bits per heavy atom. The lowest BCUT2D eigenvalue weighted by atomic mass is 9.73. The minimum atomic E-state index is -1.15. The Morgan fingerprint density at radius 3 is 2.68 bits per heavy atom. The highest BCUT2D eigenvalue weighted by atomic mass is 16.5. The van der Waals surface area contributed by atoms with Crippen LogP contribution in [0.25, 0.3) is 0 Å². The van der Waals surface area contributed by atoms with Crippen LogP contribution in [0.5, 0.6) is 0 Å². The van der Waals surface area contributed by atoms with Gasteiger partial charge in [-0.25, -0.2) is 0 Å². The topological polar surface area (TPSA) is 97.0 Å². The van der Waals surface area contributed by atoms with Crippen molar-refractivity contribution in [2.45, 2.75) is 77.2 Å². The Bertz CT molecular complexity index is 1130. The van der Waals surface area contributed by atoms with E-state index in [1.807, 2.05) is 44.2 Å². The van der Waals surface area contributed by atoms with E-state index in [1.165, 1.54) is 0 Å². The molecule has 8 atom stereocenters. The molecule has 2 saturated heterocycles. The normalized spacial score (nSPS) is 35.4. The lowest BCUT2D eigenvalue weighted by Crippen LogP contribution is -2.58. The van der Waals surface area contributed by atoms with Crippen LogP contribution in [-0.4, -0.2) is 66.7 Å². The third-order valence-electron chi connectivity index (χ3n) is 9.48. The van der Waals surface area contributed by atoms with Gasteiger partial charge in [0.05, 0.1) is 17.9 Å². The molecular formula is C30H41N3O5. The summed E-state index contributed by atoms with van der Waals surface area (Å²) in [7, 11) is 1.62. The molecule has 1 spiro atoms. The van der Waals surface area contributed by atoms with Crippen molar-refractivity contribution in [1.29, 1.82) is 0 Å². The highest BCUT2D eigenvalue weighted by molar-refractivity contribution is 6.02. The molecule has 3 fully saturated rings. The lowest BCUT2D eigenvalue weighted by molar-refractivity contribution is -0.141. The number of hydrogen-bond acceptors (Lipinski definition) is 5. The molecule has 1 aliphatic carbocycles. The van der Waals surface area contributed by atoms with Crippen molar-refractivity contribution in [2.24, 2.45) is 23.7 Å². The molecule has 8 heteroatoms. The van der Waals surface area contributed by atoms with Gasteiger partial charge in [0.2, 0.25) is 17.7 Å². The van der Waals surface area contributed by atoms with Crippen LogP contribution in [0.15, 0.2) is 30.4 Å². The molecule has 4 aliphatic rings. The second kappa shape index (κ2) is 10.5. The van der Waals surface area contributed by atoms with Crippen LogP contribution in [0, 0.1) is 37.5 Å². The summed E-state index contributed by atoms with van der Waals surface area (Å²) < 4.78 is 11.7. The maximum absolute atomic E-state index is 14.0. The molecule has 38 heavy (non-hydrogen) atoms. The summed E-state index contributed by atoms with van der Waals surface area (Å²) in [6.07, 6.45) is 6.95. The minimum absolute atomic E-state index is 0.0593. The van der Waals surface area contributed by atoms with Crippen molar-refractivity contribution in [3.8, 4) is 0 Å². The van der Waals surface area contributed by atoms with E-state index in [9.17, 15) is 14.4 Å². The van der Waals surface area contributed by atoms with Crippen LogP contribution >= 0.6 is 0 Å². The first-order valence-corrected chi connectivity index (χ1v) is 14.0. The number of amides is 3. The number of likely N-dealkylation sites (tertiary alicyclic amines) is 1. The fraction of sp³-hybridized carbons (Fsp3) is 0.633. The number of carbonyl (C=O) groups is 3. The molecule has 1 aromatic rings. The summed E-state index contributed by atoms with van der Waals surface area (Å²) >= 11 is 0. The highest BCUT2D eigenvalue weighted by Crippen LogP contribution is 2.55. The third-order valence-corrected chi connectivity index (χ3v) is 9.48. The van der Waals surface area contributed by atoms with Gasteiger partial charge in [-0.15, -0.1) is 0 Å². The number of ether oxygens (including phenoxy) is 2. The van der Waals surface area contributed by atoms with E-state index >= 15 is 0 Å². The third kappa shape index (κ3) is 4.45. The number of benzene rings is 1. The van der Waals surface area contributed by atoms with Crippen molar-refractivity contribution < 1.29 is 23.9 Å². The fourth-order valence-corrected chi connectivity index (χ4v) is 6.98. The standard InChI is InChI=1S/C30H41N3O5/c1-17-10-11-21(16-19(17)3)31-27(34)24-23-12-13-30(38-23)25(24)29(36)33(14-7-15-37-5)26(30)28(35)32-22-9-6-8-18(2)20(22)4/h10-13,16,18,20,22-26H,6-9,14-15H2,1-5H3,(H,31,34)(H,32,35)/t18?,20?,22?,23-,24?,25-,26?,30?/m1/s1. The van der Waals surface area contributed by atoms with Crippen molar-refractivity contribution >= 4 is 23.4 Å². The largest absolute Gasteiger partial charge is 0.385 e. The van der Waals surface area contributed by atoms with E-state index in [-0.39, 0.29) is 23.8 Å². The fourth-order valence-electron chi connectivity index (χ4n) is 6.98. The van der Waals surface area contributed by atoms with E-state index in [2.05, 4.69) is 24.5 Å². The molecule has 8 nitrogen and oxygen atoms in total. The van der Waals surface area contributed by atoms with Gasteiger partial charge in [-0.3, -0.25) is 14.4 Å². The smallest absolute Gasteiger partial charge is 0.246 e. The summed E-state index contributed by atoms with van der Waals surface area (Å²) in [5.74, 6) is -1.21. The quantitative estimate of drug-likeness (QED) is 0.402. The van der Waals surface area contributed by atoms with E-state index in [4.69, 9.17) is 9.47 Å². The number of methoxy groups -OCH3 is 1. The first kappa shape index (κ1) is 26.9. The Balaban J connectivity index is 1.42. The van der Waals surface area contributed by atoms with Gasteiger partial charge >= 0.3 is 0 Å². The molecule has 2 N–H and O–H groups in total. The maximum atomic E-state index is 14.0.